The van der Waals surface area contributed by atoms with E-state index in [1.165, 1.54) is 6.92 Å². The van der Waals surface area contributed by atoms with Crippen molar-refractivity contribution in [2.45, 2.75) is 38.6 Å². The molecule has 2 unspecified atom stereocenters. The summed E-state index contributed by atoms with van der Waals surface area (Å²) in [6.45, 7) is 1.34. The molecule has 1 saturated carbocycles. The molecule has 3 amide bonds. The summed E-state index contributed by atoms with van der Waals surface area (Å²) in [6.07, 6.45) is 3.23. The van der Waals surface area contributed by atoms with E-state index >= 15 is 0 Å². The van der Waals surface area contributed by atoms with Crippen LogP contribution in [0.25, 0.3) is 0 Å². The zero-order chi connectivity index (χ0) is 18.2. The second kappa shape index (κ2) is 8.83. The van der Waals surface area contributed by atoms with Crippen molar-refractivity contribution in [2.24, 2.45) is 5.92 Å². The average Bonchev–Trinajstić information content (AvgIpc) is 2.60. The first kappa shape index (κ1) is 18.5. The molecule has 1 aliphatic rings. The second-order valence-corrected chi connectivity index (χ2v) is 6.07. The van der Waals surface area contributed by atoms with Gasteiger partial charge in [-0.15, -0.1) is 0 Å². The number of hydrogen-bond acceptors (Lipinski definition) is 4. The van der Waals surface area contributed by atoms with Crippen LogP contribution < -0.4 is 16.0 Å². The zero-order valence-electron chi connectivity index (χ0n) is 14.2. The van der Waals surface area contributed by atoms with E-state index in [0.29, 0.717) is 24.1 Å². The number of hydrogen-bond donors (Lipinski definition) is 3. The third-order valence-electron chi connectivity index (χ3n) is 4.24. The number of carbonyl (C=O) groups is 3. The van der Waals surface area contributed by atoms with Crippen molar-refractivity contribution < 1.29 is 14.4 Å². The average molecular weight is 342 g/mol. The molecule has 1 aromatic carbocycles. The molecule has 0 radical (unpaired) electrons. The predicted octanol–water partition coefficient (Wildman–Crippen LogP) is 1.57. The molecular formula is C18H22N4O3. The number of nitrogens with zero attached hydrogens (tertiary/aromatic N) is 1. The van der Waals surface area contributed by atoms with Crippen molar-refractivity contribution in [3.8, 4) is 6.07 Å². The van der Waals surface area contributed by atoms with Gasteiger partial charge < -0.3 is 16.0 Å². The van der Waals surface area contributed by atoms with Crippen LogP contribution in [0.4, 0.5) is 5.69 Å². The Labute approximate surface area is 146 Å². The van der Waals surface area contributed by atoms with Gasteiger partial charge in [-0.1, -0.05) is 25.0 Å². The Morgan fingerprint density at radius 3 is 2.64 bits per heavy atom. The van der Waals surface area contributed by atoms with E-state index in [1.807, 2.05) is 6.07 Å². The number of rotatable bonds is 5. The molecule has 2 rings (SSSR count). The summed E-state index contributed by atoms with van der Waals surface area (Å²) in [7, 11) is 0. The molecule has 2 atom stereocenters. The molecule has 7 heteroatoms. The molecule has 0 heterocycles. The Hall–Kier alpha value is -2.88. The molecule has 1 aliphatic carbocycles. The fourth-order valence-electron chi connectivity index (χ4n) is 3.10. The summed E-state index contributed by atoms with van der Waals surface area (Å²) in [5.41, 5.74) is 0.799. The van der Waals surface area contributed by atoms with E-state index in [9.17, 15) is 14.4 Å². The van der Waals surface area contributed by atoms with Crippen LogP contribution >= 0.6 is 0 Å². The van der Waals surface area contributed by atoms with Gasteiger partial charge in [0, 0.05) is 13.0 Å². The monoisotopic (exact) mass is 342 g/mol. The second-order valence-electron chi connectivity index (χ2n) is 6.07. The van der Waals surface area contributed by atoms with Gasteiger partial charge in [0.15, 0.2) is 0 Å². The van der Waals surface area contributed by atoms with Crippen LogP contribution in [0.2, 0.25) is 0 Å². The van der Waals surface area contributed by atoms with Crippen molar-refractivity contribution >= 4 is 23.4 Å². The lowest BCUT2D eigenvalue weighted by molar-refractivity contribution is -0.126. The van der Waals surface area contributed by atoms with Gasteiger partial charge >= 0.3 is 0 Å². The van der Waals surface area contributed by atoms with Crippen LogP contribution in [0.15, 0.2) is 24.3 Å². The standard InChI is InChI=1S/C18H22N4O3/c1-12(23)21-15-8-4-3-7-14(15)18(25)22-16-9-5-2-6-13(16)17(24)20-11-10-19/h3-4,7-8,13,16H,2,5-6,9,11H2,1H3,(H,20,24)(H,21,23)(H,22,25). The van der Waals surface area contributed by atoms with Gasteiger partial charge in [0.05, 0.1) is 23.2 Å². The molecule has 0 aliphatic heterocycles. The van der Waals surface area contributed by atoms with Crippen LogP contribution in [-0.4, -0.2) is 30.3 Å². The van der Waals surface area contributed by atoms with Crippen molar-refractivity contribution in [3.63, 3.8) is 0 Å². The van der Waals surface area contributed by atoms with Crippen LogP contribution in [0.1, 0.15) is 43.0 Å². The van der Waals surface area contributed by atoms with Gasteiger partial charge in [-0.2, -0.15) is 5.26 Å². The van der Waals surface area contributed by atoms with Crippen molar-refractivity contribution in [3.05, 3.63) is 29.8 Å². The van der Waals surface area contributed by atoms with Crippen LogP contribution in [0.5, 0.6) is 0 Å². The van der Waals surface area contributed by atoms with E-state index in [0.717, 1.165) is 12.8 Å². The Morgan fingerprint density at radius 1 is 1.20 bits per heavy atom. The van der Waals surface area contributed by atoms with E-state index in [4.69, 9.17) is 5.26 Å². The van der Waals surface area contributed by atoms with Gasteiger partial charge in [-0.05, 0) is 25.0 Å². The van der Waals surface area contributed by atoms with E-state index in [-0.39, 0.29) is 36.2 Å². The van der Waals surface area contributed by atoms with Crippen LogP contribution in [0.3, 0.4) is 0 Å². The number of benzene rings is 1. The van der Waals surface area contributed by atoms with E-state index < -0.39 is 0 Å². The molecule has 0 bridgehead atoms. The molecule has 0 saturated heterocycles. The first-order chi connectivity index (χ1) is 12.0. The maximum Gasteiger partial charge on any atom is 0.253 e. The number of nitrogens with one attached hydrogen (secondary N) is 3. The first-order valence-electron chi connectivity index (χ1n) is 8.35. The quantitative estimate of drug-likeness (QED) is 0.705. The highest BCUT2D eigenvalue weighted by atomic mass is 16.2. The SMILES string of the molecule is CC(=O)Nc1ccccc1C(=O)NC1CCCCC1C(=O)NCC#N. The van der Waals surface area contributed by atoms with Gasteiger partial charge in [0.25, 0.3) is 5.91 Å². The fraction of sp³-hybridized carbons (Fsp3) is 0.444. The van der Waals surface area contributed by atoms with E-state index in [2.05, 4.69) is 16.0 Å². The van der Waals surface area contributed by atoms with Gasteiger partial charge in [-0.3, -0.25) is 14.4 Å². The maximum atomic E-state index is 12.7. The number of anilines is 1. The lowest BCUT2D eigenvalue weighted by atomic mass is 9.83. The molecule has 7 nitrogen and oxygen atoms in total. The number of amides is 3. The molecule has 3 N–H and O–H groups in total. The largest absolute Gasteiger partial charge is 0.348 e. The van der Waals surface area contributed by atoms with Crippen LogP contribution in [-0.2, 0) is 9.59 Å². The molecule has 132 valence electrons. The third kappa shape index (κ3) is 5.05. The molecule has 0 spiro atoms. The van der Waals surface area contributed by atoms with Crippen molar-refractivity contribution in [1.29, 1.82) is 5.26 Å². The van der Waals surface area contributed by atoms with Gasteiger partial charge in [0.2, 0.25) is 11.8 Å². The normalized spacial score (nSPS) is 19.4. The lowest BCUT2D eigenvalue weighted by Crippen LogP contribution is -2.48. The maximum absolute atomic E-state index is 12.7. The Kier molecular flexibility index (Phi) is 6.52. The molecule has 1 aromatic rings. The fourth-order valence-corrected chi connectivity index (χ4v) is 3.10. The summed E-state index contributed by atoms with van der Waals surface area (Å²) in [6, 6.07) is 8.35. The highest BCUT2D eigenvalue weighted by Gasteiger charge is 2.32. The molecular weight excluding hydrogens is 320 g/mol. The number of carbonyl (C=O) groups excluding carboxylic acids is 3. The molecule has 0 aromatic heterocycles. The topological polar surface area (TPSA) is 111 Å². The van der Waals surface area contributed by atoms with Gasteiger partial charge in [-0.25, -0.2) is 0 Å². The summed E-state index contributed by atoms with van der Waals surface area (Å²) >= 11 is 0. The van der Waals surface area contributed by atoms with Gasteiger partial charge in [0.1, 0.15) is 6.54 Å². The third-order valence-corrected chi connectivity index (χ3v) is 4.24. The number of para-hydroxylation sites is 1. The minimum Gasteiger partial charge on any atom is -0.348 e. The minimum absolute atomic E-state index is 0.0403. The smallest absolute Gasteiger partial charge is 0.253 e. The van der Waals surface area contributed by atoms with Crippen molar-refractivity contribution in [2.75, 3.05) is 11.9 Å². The minimum atomic E-state index is -0.348. The van der Waals surface area contributed by atoms with Crippen LogP contribution in [0, 0.1) is 17.2 Å². The van der Waals surface area contributed by atoms with Crippen molar-refractivity contribution in [1.82, 2.24) is 10.6 Å². The Balaban J connectivity index is 2.11. The molecule has 1 fully saturated rings. The highest BCUT2D eigenvalue weighted by Crippen LogP contribution is 2.25. The highest BCUT2D eigenvalue weighted by molar-refractivity contribution is 6.03. The summed E-state index contributed by atoms with van der Waals surface area (Å²) < 4.78 is 0. The Bertz CT molecular complexity index is 696. The first-order valence-corrected chi connectivity index (χ1v) is 8.35. The number of nitriles is 1. The van der Waals surface area contributed by atoms with E-state index in [1.54, 1.807) is 24.3 Å². The molecule has 25 heavy (non-hydrogen) atoms. The Morgan fingerprint density at radius 2 is 1.92 bits per heavy atom. The lowest BCUT2D eigenvalue weighted by Gasteiger charge is -2.31. The summed E-state index contributed by atoms with van der Waals surface area (Å²) in [5.74, 6) is -1.14. The summed E-state index contributed by atoms with van der Waals surface area (Å²) in [4.78, 5) is 36.2. The predicted molar refractivity (Wildman–Crippen MR) is 92.6 cm³/mol. The zero-order valence-corrected chi connectivity index (χ0v) is 14.2. The summed E-state index contributed by atoms with van der Waals surface area (Å²) in [5, 5.41) is 16.7.